The van der Waals surface area contributed by atoms with Crippen LogP contribution in [0.1, 0.15) is 117 Å². The van der Waals surface area contributed by atoms with Crippen LogP contribution in [0, 0.1) is 40.9 Å². The lowest BCUT2D eigenvalue weighted by Crippen LogP contribution is -2.62. The zero-order valence-corrected chi connectivity index (χ0v) is 33.9. The second-order valence-corrected chi connectivity index (χ2v) is 19.5. The molecule has 2 aliphatic heterocycles. The summed E-state index contributed by atoms with van der Waals surface area (Å²) in [6.07, 6.45) is 14.6. The SMILES string of the molecule is C#CCCC(CC(=O)[C@@H]1[C@H]2CCC[C@H]2CN1C(=O)[C@@H](NC(=O)N[C@H](CN1Cc2ccccc2S1(=O)=O)C(C)(C)C)C1(C)CCCCC1)C(=O)C(=O)CCC=C. The van der Waals surface area contributed by atoms with E-state index in [0.29, 0.717) is 31.4 Å². The van der Waals surface area contributed by atoms with Crippen molar-refractivity contribution in [2.45, 2.75) is 141 Å². The standard InChI is InChI=1S/C43H60N4O7S/c1-7-9-17-29(38(50)33(48)21-10-8-2)25-34(49)37-32-20-16-19-30(32)27-47(37)40(51)39(43(6)23-14-11-15-24-43)45-41(52)44-36(42(3,4)5)28-46-26-31-18-12-13-22-35(31)55(46,53)54/h1,8,12-13,18,22,29-30,32,36-37,39H,2,9-11,14-17,19-21,23-28H2,3-6H3,(H2,44,45,52)/t29?,30-,32-,36+,37-,39+/m0/s1. The maximum atomic E-state index is 15.0. The molecule has 11 nitrogen and oxygen atoms in total. The summed E-state index contributed by atoms with van der Waals surface area (Å²) >= 11 is 0. The summed E-state index contributed by atoms with van der Waals surface area (Å²) in [7, 11) is -3.75. The van der Waals surface area contributed by atoms with Crippen LogP contribution in [0.5, 0.6) is 0 Å². The van der Waals surface area contributed by atoms with Gasteiger partial charge in [0.05, 0.1) is 10.9 Å². The molecule has 300 valence electrons. The molecular formula is C43H60N4O7S. The van der Waals surface area contributed by atoms with Crippen molar-refractivity contribution < 1.29 is 32.4 Å². The predicted octanol–water partition coefficient (Wildman–Crippen LogP) is 5.96. The Morgan fingerprint density at radius 3 is 2.42 bits per heavy atom. The number of urea groups is 1. The first-order valence-corrected chi connectivity index (χ1v) is 21.6. The van der Waals surface area contributed by atoms with E-state index in [0.717, 1.165) is 38.5 Å². The quantitative estimate of drug-likeness (QED) is 0.120. The summed E-state index contributed by atoms with van der Waals surface area (Å²) in [6, 6.07) is 4.02. The number of hydrogen-bond donors (Lipinski definition) is 2. The van der Waals surface area contributed by atoms with Gasteiger partial charge in [0.2, 0.25) is 21.7 Å². The van der Waals surface area contributed by atoms with Crippen LogP contribution in [-0.4, -0.2) is 78.1 Å². The molecule has 0 spiro atoms. The number of allylic oxidation sites excluding steroid dienone is 1. The van der Waals surface area contributed by atoms with Gasteiger partial charge in [0.25, 0.3) is 0 Å². The predicted molar refractivity (Wildman–Crippen MR) is 211 cm³/mol. The Kier molecular flexibility index (Phi) is 13.5. The van der Waals surface area contributed by atoms with Gasteiger partial charge in [0, 0.05) is 50.9 Å². The first-order chi connectivity index (χ1) is 26.0. The minimum atomic E-state index is -3.75. The highest BCUT2D eigenvalue weighted by atomic mass is 32.2. The average Bonchev–Trinajstić information content (AvgIpc) is 3.82. The molecule has 3 amide bonds. The molecule has 12 heteroatoms. The second-order valence-electron chi connectivity index (χ2n) is 17.6. The molecule has 2 aliphatic carbocycles. The fourth-order valence-corrected chi connectivity index (χ4v) is 11.0. The van der Waals surface area contributed by atoms with Crippen LogP contribution in [0.3, 0.4) is 0 Å². The highest BCUT2D eigenvalue weighted by Gasteiger charge is 2.53. The van der Waals surface area contributed by atoms with Gasteiger partial charge in [-0.15, -0.1) is 18.9 Å². The number of amides is 3. The molecule has 0 bridgehead atoms. The van der Waals surface area contributed by atoms with E-state index in [9.17, 15) is 27.6 Å². The number of ketones is 3. The monoisotopic (exact) mass is 776 g/mol. The number of nitrogens with zero attached hydrogens (tertiary/aromatic N) is 2. The minimum Gasteiger partial charge on any atom is -0.334 e. The molecule has 6 atom stereocenters. The van der Waals surface area contributed by atoms with Gasteiger partial charge in [0.15, 0.2) is 11.6 Å². The number of sulfonamides is 1. The van der Waals surface area contributed by atoms with Crippen molar-refractivity contribution in [2.24, 2.45) is 28.6 Å². The van der Waals surface area contributed by atoms with Crippen LogP contribution in [-0.2, 0) is 35.7 Å². The Morgan fingerprint density at radius 2 is 1.76 bits per heavy atom. The highest BCUT2D eigenvalue weighted by molar-refractivity contribution is 7.89. The third-order valence-electron chi connectivity index (χ3n) is 12.7. The van der Waals surface area contributed by atoms with E-state index < -0.39 is 62.5 Å². The number of benzene rings is 1. The van der Waals surface area contributed by atoms with Crippen LogP contribution in [0.4, 0.5) is 4.79 Å². The summed E-state index contributed by atoms with van der Waals surface area (Å²) in [4.78, 5) is 71.6. The van der Waals surface area contributed by atoms with E-state index in [-0.39, 0.29) is 67.2 Å². The molecule has 2 heterocycles. The number of likely N-dealkylation sites (tertiary alicyclic amines) is 1. The summed E-state index contributed by atoms with van der Waals surface area (Å²) in [5.74, 6) is 0.0142. The molecule has 2 saturated carbocycles. The largest absolute Gasteiger partial charge is 0.334 e. The number of terminal acetylenes is 1. The third-order valence-corrected chi connectivity index (χ3v) is 14.6. The molecule has 55 heavy (non-hydrogen) atoms. The molecule has 4 aliphatic rings. The lowest BCUT2D eigenvalue weighted by atomic mass is 9.70. The average molecular weight is 777 g/mol. The zero-order valence-electron chi connectivity index (χ0n) is 33.1. The Bertz CT molecular complexity index is 1790. The van der Waals surface area contributed by atoms with Crippen molar-refractivity contribution in [1.29, 1.82) is 0 Å². The lowest BCUT2D eigenvalue weighted by Gasteiger charge is -2.43. The highest BCUT2D eigenvalue weighted by Crippen LogP contribution is 2.46. The van der Waals surface area contributed by atoms with Gasteiger partial charge in [0.1, 0.15) is 6.04 Å². The Labute approximate surface area is 327 Å². The second kappa shape index (κ2) is 17.5. The number of carbonyl (C=O) groups is 5. The smallest absolute Gasteiger partial charge is 0.315 e. The van der Waals surface area contributed by atoms with Crippen molar-refractivity contribution in [3.8, 4) is 12.3 Å². The summed E-state index contributed by atoms with van der Waals surface area (Å²) in [5.41, 5.74) is -0.417. The van der Waals surface area contributed by atoms with Crippen LogP contribution >= 0.6 is 0 Å². The van der Waals surface area contributed by atoms with Gasteiger partial charge in [-0.2, -0.15) is 4.31 Å². The van der Waals surface area contributed by atoms with E-state index in [1.165, 1.54) is 4.31 Å². The van der Waals surface area contributed by atoms with E-state index in [2.05, 4.69) is 23.1 Å². The van der Waals surface area contributed by atoms with Gasteiger partial charge in [-0.1, -0.05) is 77.7 Å². The number of carbonyl (C=O) groups excluding carboxylic acids is 5. The maximum Gasteiger partial charge on any atom is 0.315 e. The molecule has 2 N–H and O–H groups in total. The number of nitrogens with one attached hydrogen (secondary N) is 2. The lowest BCUT2D eigenvalue weighted by molar-refractivity contribution is -0.144. The molecule has 1 aromatic rings. The van der Waals surface area contributed by atoms with Gasteiger partial charge in [-0.3, -0.25) is 19.2 Å². The number of rotatable bonds is 16. The van der Waals surface area contributed by atoms with Crippen LogP contribution < -0.4 is 10.6 Å². The zero-order chi connectivity index (χ0) is 40.1. The first kappa shape index (κ1) is 42.3. The molecule has 5 rings (SSSR count). The molecule has 0 radical (unpaired) electrons. The molecular weight excluding hydrogens is 717 g/mol. The summed E-state index contributed by atoms with van der Waals surface area (Å²) in [5, 5.41) is 6.12. The summed E-state index contributed by atoms with van der Waals surface area (Å²) < 4.78 is 28.3. The molecule has 1 saturated heterocycles. The van der Waals surface area contributed by atoms with Crippen molar-refractivity contribution in [3.63, 3.8) is 0 Å². The van der Waals surface area contributed by atoms with Gasteiger partial charge in [-0.05, 0) is 72.8 Å². The first-order valence-electron chi connectivity index (χ1n) is 20.1. The number of Topliss-reactive ketones (excluding diaryl/α,β-unsaturated/α-hetero) is 3. The van der Waals surface area contributed by atoms with Crippen LogP contribution in [0.15, 0.2) is 41.8 Å². The summed E-state index contributed by atoms with van der Waals surface area (Å²) in [6.45, 7) is 12.1. The minimum absolute atomic E-state index is 0.0212. The molecule has 1 aromatic carbocycles. The molecule has 1 unspecified atom stereocenters. The van der Waals surface area contributed by atoms with Crippen molar-refractivity contribution in [3.05, 3.63) is 42.5 Å². The van der Waals surface area contributed by atoms with Crippen LogP contribution in [0.2, 0.25) is 0 Å². The normalized spacial score (nSPS) is 24.4. The Morgan fingerprint density at radius 1 is 1.05 bits per heavy atom. The fourth-order valence-electron chi connectivity index (χ4n) is 9.36. The van der Waals surface area contributed by atoms with Crippen molar-refractivity contribution >= 4 is 39.3 Å². The van der Waals surface area contributed by atoms with Crippen molar-refractivity contribution in [2.75, 3.05) is 13.1 Å². The van der Waals surface area contributed by atoms with Gasteiger partial charge >= 0.3 is 6.03 Å². The fraction of sp³-hybridized carbons (Fsp3) is 0.651. The number of hydrogen-bond acceptors (Lipinski definition) is 7. The Balaban J connectivity index is 1.38. The van der Waals surface area contributed by atoms with E-state index >= 15 is 4.79 Å². The topological polar surface area (TPSA) is 150 Å². The van der Waals surface area contributed by atoms with Gasteiger partial charge < -0.3 is 15.5 Å². The van der Waals surface area contributed by atoms with Gasteiger partial charge in [-0.25, -0.2) is 13.2 Å². The van der Waals surface area contributed by atoms with E-state index in [4.69, 9.17) is 6.42 Å². The third kappa shape index (κ3) is 9.42. The van der Waals surface area contributed by atoms with E-state index in [1.54, 1.807) is 29.2 Å². The number of fused-ring (bicyclic) bond motifs is 2. The Hall–Kier alpha value is -3.82. The van der Waals surface area contributed by atoms with E-state index in [1.807, 2.05) is 33.8 Å². The molecule has 0 aromatic heterocycles. The van der Waals surface area contributed by atoms with Crippen molar-refractivity contribution in [1.82, 2.24) is 19.8 Å². The maximum absolute atomic E-state index is 15.0. The van der Waals surface area contributed by atoms with Crippen LogP contribution in [0.25, 0.3) is 0 Å². The molecule has 3 fully saturated rings.